The van der Waals surface area contributed by atoms with Gasteiger partial charge in [0.15, 0.2) is 0 Å². The third kappa shape index (κ3) is 2.35. The van der Waals surface area contributed by atoms with Crippen LogP contribution in [-0.2, 0) is 0 Å². The second-order valence-electron chi connectivity index (χ2n) is 5.80. The minimum atomic E-state index is 0.226. The largest absolute Gasteiger partial charge is 0.116 e. The van der Waals surface area contributed by atoms with Crippen molar-refractivity contribution in [3.63, 3.8) is 0 Å². The van der Waals surface area contributed by atoms with Crippen molar-refractivity contribution in [3.8, 4) is 0 Å². The van der Waals surface area contributed by atoms with Crippen LogP contribution in [0.15, 0.2) is 29.0 Å². The van der Waals surface area contributed by atoms with Crippen LogP contribution in [0.3, 0.4) is 0 Å². The van der Waals surface area contributed by atoms with Gasteiger partial charge in [0, 0.05) is 0 Å². The van der Waals surface area contributed by atoms with Crippen LogP contribution in [0.25, 0.3) is 0 Å². The summed E-state index contributed by atoms with van der Waals surface area (Å²) >= 11 is 0. The third-order valence-corrected chi connectivity index (χ3v) is 2.36. The van der Waals surface area contributed by atoms with Crippen molar-refractivity contribution in [1.82, 2.24) is 0 Å². The Morgan fingerprint density at radius 1 is 0.923 bits per heavy atom. The van der Waals surface area contributed by atoms with Crippen LogP contribution in [0.1, 0.15) is 41.5 Å². The molecule has 0 heterocycles. The Kier molecular flexibility index (Phi) is 2.30. The summed E-state index contributed by atoms with van der Waals surface area (Å²) in [7, 11) is 0. The zero-order valence-corrected chi connectivity index (χ0v) is 9.65. The second kappa shape index (κ2) is 2.89. The Morgan fingerprint density at radius 3 is 1.69 bits per heavy atom. The van der Waals surface area contributed by atoms with E-state index in [9.17, 15) is 0 Å². The molecule has 0 bridgehead atoms. The van der Waals surface area contributed by atoms with Gasteiger partial charge in [0.1, 0.15) is 0 Å². The molecule has 1 rings (SSSR count). The van der Waals surface area contributed by atoms with Crippen molar-refractivity contribution in [2.45, 2.75) is 41.5 Å². The van der Waals surface area contributed by atoms with Crippen LogP contribution in [0.4, 0.5) is 0 Å². The van der Waals surface area contributed by atoms with Gasteiger partial charge >= 0.3 is 0 Å². The van der Waals surface area contributed by atoms with E-state index in [4.69, 9.17) is 0 Å². The lowest BCUT2D eigenvalue weighted by atomic mass is 9.83. The Hall–Kier alpha value is -0.740. The Bertz CT molecular complexity index is 294. The molecule has 1 aliphatic rings. The van der Waals surface area contributed by atoms with Crippen molar-refractivity contribution in [3.05, 3.63) is 29.0 Å². The maximum Gasteiger partial charge on any atom is -0.000347 e. The molecule has 0 heteroatoms. The summed E-state index contributed by atoms with van der Waals surface area (Å²) in [6.07, 6.45) is 4.40. The van der Waals surface area contributed by atoms with Crippen molar-refractivity contribution < 1.29 is 0 Å². The van der Waals surface area contributed by atoms with E-state index in [0.717, 1.165) is 0 Å². The quantitative estimate of drug-likeness (QED) is 0.487. The predicted octanol–water partition coefficient (Wildman–Crippen LogP) is 4.10. The number of hydrogen-bond donors (Lipinski definition) is 0. The third-order valence-electron chi connectivity index (χ3n) is 2.36. The lowest BCUT2D eigenvalue weighted by Gasteiger charge is -2.21. The summed E-state index contributed by atoms with van der Waals surface area (Å²) in [5, 5.41) is 0. The summed E-state index contributed by atoms with van der Waals surface area (Å²) < 4.78 is 0. The van der Waals surface area contributed by atoms with Gasteiger partial charge < -0.3 is 0 Å². The molecule has 0 spiro atoms. The fraction of sp³-hybridized carbons (Fsp3) is 0.615. The highest BCUT2D eigenvalue weighted by Crippen LogP contribution is 2.35. The molecule has 72 valence electrons. The van der Waals surface area contributed by atoms with E-state index in [1.54, 1.807) is 0 Å². The normalized spacial score (nSPS) is 17.4. The first-order chi connectivity index (χ1) is 5.71. The molecule has 0 saturated carbocycles. The summed E-state index contributed by atoms with van der Waals surface area (Å²) in [6, 6.07) is 0. The van der Waals surface area contributed by atoms with Crippen LogP contribution >= 0.6 is 0 Å². The van der Waals surface area contributed by atoms with E-state index >= 15 is 0 Å². The minimum Gasteiger partial charge on any atom is -0.116 e. The average molecular weight is 176 g/mol. The minimum absolute atomic E-state index is 0.226. The van der Waals surface area contributed by atoms with E-state index in [2.05, 4.69) is 59.4 Å². The highest BCUT2D eigenvalue weighted by molar-refractivity contribution is 5.42. The second-order valence-corrected chi connectivity index (χ2v) is 5.80. The summed E-state index contributed by atoms with van der Waals surface area (Å²) in [6.45, 7) is 13.4. The van der Waals surface area contributed by atoms with Crippen LogP contribution in [0, 0.1) is 10.8 Å². The SMILES string of the molecule is CC(C)(C)C1=C=CC(C(C)(C)C)=C1. The Morgan fingerprint density at radius 2 is 1.46 bits per heavy atom. The van der Waals surface area contributed by atoms with Gasteiger partial charge in [-0.1, -0.05) is 41.5 Å². The molecule has 1 aliphatic carbocycles. The topological polar surface area (TPSA) is 0 Å². The molecule has 0 aliphatic heterocycles. The maximum atomic E-state index is 3.35. The van der Waals surface area contributed by atoms with Crippen molar-refractivity contribution >= 4 is 0 Å². The van der Waals surface area contributed by atoms with E-state index in [1.165, 1.54) is 11.1 Å². The lowest BCUT2D eigenvalue weighted by molar-refractivity contribution is 0.504. The van der Waals surface area contributed by atoms with E-state index in [-0.39, 0.29) is 10.8 Å². The molecule has 0 radical (unpaired) electrons. The molecule has 0 unspecified atom stereocenters. The molecule has 0 fully saturated rings. The predicted molar refractivity (Wildman–Crippen MR) is 58.6 cm³/mol. The molecule has 0 amide bonds. The molecule has 0 atom stereocenters. The van der Waals surface area contributed by atoms with Gasteiger partial charge in [-0.3, -0.25) is 0 Å². The Balaban J connectivity index is 2.93. The highest BCUT2D eigenvalue weighted by atomic mass is 14.3. The molecular formula is C13H20. The lowest BCUT2D eigenvalue weighted by Crippen LogP contribution is -2.09. The standard InChI is InChI=1S/C13H20/c1-12(2,3)10-7-8-11(9-10)13(4,5)6/h7,9H,1-6H3. The van der Waals surface area contributed by atoms with E-state index in [0.29, 0.717) is 0 Å². The molecule has 0 aromatic heterocycles. The van der Waals surface area contributed by atoms with Crippen molar-refractivity contribution in [2.75, 3.05) is 0 Å². The van der Waals surface area contributed by atoms with Gasteiger partial charge in [-0.15, -0.1) is 5.73 Å². The van der Waals surface area contributed by atoms with Gasteiger partial charge in [-0.25, -0.2) is 0 Å². The fourth-order valence-electron chi connectivity index (χ4n) is 1.26. The first-order valence-electron chi connectivity index (χ1n) is 4.90. The first-order valence-corrected chi connectivity index (χ1v) is 4.90. The summed E-state index contributed by atoms with van der Waals surface area (Å²) in [5.41, 5.74) is 6.53. The first kappa shape index (κ1) is 10.3. The number of rotatable bonds is 0. The molecule has 0 aromatic rings. The zero-order chi connectivity index (χ0) is 10.3. The molecule has 0 saturated heterocycles. The van der Waals surface area contributed by atoms with Gasteiger partial charge in [0.05, 0.1) is 0 Å². The van der Waals surface area contributed by atoms with Gasteiger partial charge in [-0.05, 0) is 34.1 Å². The smallest absolute Gasteiger partial charge is 0.000347 e. The molecule has 13 heavy (non-hydrogen) atoms. The van der Waals surface area contributed by atoms with Gasteiger partial charge in [0.25, 0.3) is 0 Å². The van der Waals surface area contributed by atoms with Crippen molar-refractivity contribution in [1.29, 1.82) is 0 Å². The van der Waals surface area contributed by atoms with Crippen molar-refractivity contribution in [2.24, 2.45) is 10.8 Å². The zero-order valence-electron chi connectivity index (χ0n) is 9.65. The van der Waals surface area contributed by atoms with Gasteiger partial charge in [-0.2, -0.15) is 0 Å². The van der Waals surface area contributed by atoms with Crippen LogP contribution in [0.5, 0.6) is 0 Å². The molecule has 0 N–H and O–H groups in total. The Labute approximate surface area is 82.0 Å². The number of allylic oxidation sites excluding steroid dienone is 3. The van der Waals surface area contributed by atoms with Crippen LogP contribution < -0.4 is 0 Å². The van der Waals surface area contributed by atoms with E-state index < -0.39 is 0 Å². The van der Waals surface area contributed by atoms with Crippen LogP contribution in [0.2, 0.25) is 0 Å². The van der Waals surface area contributed by atoms with E-state index in [1.807, 2.05) is 0 Å². The number of hydrogen-bond acceptors (Lipinski definition) is 0. The molecular weight excluding hydrogens is 156 g/mol. The summed E-state index contributed by atoms with van der Waals surface area (Å²) in [5.74, 6) is 0. The monoisotopic (exact) mass is 176 g/mol. The summed E-state index contributed by atoms with van der Waals surface area (Å²) in [4.78, 5) is 0. The molecule has 0 aromatic carbocycles. The van der Waals surface area contributed by atoms with Gasteiger partial charge in [0.2, 0.25) is 0 Å². The molecule has 0 nitrogen and oxygen atoms in total. The van der Waals surface area contributed by atoms with Crippen LogP contribution in [-0.4, -0.2) is 0 Å². The fourth-order valence-corrected chi connectivity index (χ4v) is 1.26. The highest BCUT2D eigenvalue weighted by Gasteiger charge is 2.22. The average Bonchev–Trinajstić information content (AvgIpc) is 2.28. The maximum absolute atomic E-state index is 3.35.